The molecule has 0 unspecified atom stereocenters. The van der Waals surface area contributed by atoms with Crippen molar-refractivity contribution in [1.82, 2.24) is 15.0 Å². The van der Waals surface area contributed by atoms with Crippen LogP contribution in [0.15, 0.2) is 122 Å². The second-order valence-corrected chi connectivity index (χ2v) is 9.31. The second kappa shape index (κ2) is 8.65. The standard InChI is InChI=1S/C34H23N3/c1-22-34(37-31-15-7-6-14-30(31)36-22)24-18-16-23(17-19-24)32-26-10-2-4-12-28(26)33(25-9-8-20-35-21-25)29-13-5-3-11-27(29)32/h2-21H,1H3. The predicted molar refractivity (Wildman–Crippen MR) is 153 cm³/mol. The fourth-order valence-corrected chi connectivity index (χ4v) is 5.42. The van der Waals surface area contributed by atoms with Crippen LogP contribution < -0.4 is 0 Å². The number of nitrogens with zero attached hydrogens (tertiary/aromatic N) is 3. The second-order valence-electron chi connectivity index (χ2n) is 9.31. The Morgan fingerprint density at radius 1 is 0.459 bits per heavy atom. The van der Waals surface area contributed by atoms with Gasteiger partial charge in [0, 0.05) is 23.5 Å². The summed E-state index contributed by atoms with van der Waals surface area (Å²) < 4.78 is 0. The molecule has 0 aliphatic heterocycles. The van der Waals surface area contributed by atoms with Gasteiger partial charge in [-0.1, -0.05) is 91.0 Å². The molecule has 3 nitrogen and oxygen atoms in total. The number of hydrogen-bond acceptors (Lipinski definition) is 3. The van der Waals surface area contributed by atoms with Gasteiger partial charge in [-0.25, -0.2) is 9.97 Å². The molecule has 5 aromatic carbocycles. The molecular weight excluding hydrogens is 450 g/mol. The van der Waals surface area contributed by atoms with Gasteiger partial charge >= 0.3 is 0 Å². The van der Waals surface area contributed by atoms with E-state index in [0.717, 1.165) is 33.5 Å². The van der Waals surface area contributed by atoms with Crippen LogP contribution in [0, 0.1) is 6.92 Å². The number of aryl methyl sites for hydroxylation is 1. The van der Waals surface area contributed by atoms with Crippen LogP contribution in [0.25, 0.3) is 66.1 Å². The molecule has 0 saturated heterocycles. The summed E-state index contributed by atoms with van der Waals surface area (Å²) in [6, 6.07) is 38.3. The third-order valence-electron chi connectivity index (χ3n) is 7.07. The van der Waals surface area contributed by atoms with Crippen molar-refractivity contribution in [1.29, 1.82) is 0 Å². The number of rotatable bonds is 3. The molecule has 0 fully saturated rings. The van der Waals surface area contributed by atoms with Crippen molar-refractivity contribution >= 4 is 32.6 Å². The Bertz CT molecular complexity index is 1870. The monoisotopic (exact) mass is 473 g/mol. The Labute approximate surface area is 215 Å². The van der Waals surface area contributed by atoms with Crippen molar-refractivity contribution in [3.8, 4) is 33.5 Å². The minimum Gasteiger partial charge on any atom is -0.264 e. The molecule has 7 rings (SSSR count). The van der Waals surface area contributed by atoms with E-state index < -0.39 is 0 Å². The van der Waals surface area contributed by atoms with E-state index in [-0.39, 0.29) is 0 Å². The molecule has 0 N–H and O–H groups in total. The van der Waals surface area contributed by atoms with Crippen molar-refractivity contribution in [3.05, 3.63) is 127 Å². The molecule has 7 aromatic rings. The summed E-state index contributed by atoms with van der Waals surface area (Å²) in [7, 11) is 0. The highest BCUT2D eigenvalue weighted by molar-refractivity contribution is 6.21. The summed E-state index contributed by atoms with van der Waals surface area (Å²) in [5.74, 6) is 0. The lowest BCUT2D eigenvalue weighted by molar-refractivity contribution is 1.19. The molecule has 0 radical (unpaired) electrons. The molecule has 0 atom stereocenters. The van der Waals surface area contributed by atoms with Crippen LogP contribution in [0.5, 0.6) is 0 Å². The van der Waals surface area contributed by atoms with Crippen molar-refractivity contribution in [2.75, 3.05) is 0 Å². The van der Waals surface area contributed by atoms with E-state index in [2.05, 4.69) is 83.8 Å². The molecule has 2 heterocycles. The maximum atomic E-state index is 4.92. The van der Waals surface area contributed by atoms with Crippen LogP contribution in [-0.2, 0) is 0 Å². The molecular formula is C34H23N3. The molecule has 0 spiro atoms. The van der Waals surface area contributed by atoms with Gasteiger partial charge in [-0.05, 0) is 63.4 Å². The van der Waals surface area contributed by atoms with Crippen molar-refractivity contribution in [2.45, 2.75) is 6.92 Å². The Kier molecular flexibility index (Phi) is 5.00. The van der Waals surface area contributed by atoms with E-state index in [9.17, 15) is 0 Å². The summed E-state index contributed by atoms with van der Waals surface area (Å²) in [5, 5.41) is 4.91. The third-order valence-corrected chi connectivity index (χ3v) is 7.07. The normalized spacial score (nSPS) is 11.4. The summed E-state index contributed by atoms with van der Waals surface area (Å²) in [6.07, 6.45) is 3.78. The van der Waals surface area contributed by atoms with E-state index in [1.807, 2.05) is 49.6 Å². The van der Waals surface area contributed by atoms with Crippen LogP contribution in [0.2, 0.25) is 0 Å². The zero-order valence-electron chi connectivity index (χ0n) is 20.4. The highest BCUT2D eigenvalue weighted by atomic mass is 14.8. The lowest BCUT2D eigenvalue weighted by Gasteiger charge is -2.17. The van der Waals surface area contributed by atoms with Gasteiger partial charge in [0.05, 0.1) is 22.4 Å². The largest absolute Gasteiger partial charge is 0.264 e. The highest BCUT2D eigenvalue weighted by Gasteiger charge is 2.17. The summed E-state index contributed by atoms with van der Waals surface area (Å²) in [6.45, 7) is 2.03. The van der Waals surface area contributed by atoms with Gasteiger partial charge in [0.1, 0.15) is 0 Å². The Hall–Kier alpha value is -4.89. The van der Waals surface area contributed by atoms with Crippen molar-refractivity contribution < 1.29 is 0 Å². The first-order valence-corrected chi connectivity index (χ1v) is 12.5. The summed E-state index contributed by atoms with van der Waals surface area (Å²) >= 11 is 0. The molecule has 0 aliphatic rings. The quantitative estimate of drug-likeness (QED) is 0.241. The number of hydrogen-bond donors (Lipinski definition) is 0. The molecule has 0 bridgehead atoms. The third kappa shape index (κ3) is 3.56. The van der Waals surface area contributed by atoms with Gasteiger partial charge in [-0.15, -0.1) is 0 Å². The van der Waals surface area contributed by atoms with Crippen LogP contribution >= 0.6 is 0 Å². The van der Waals surface area contributed by atoms with Crippen molar-refractivity contribution in [3.63, 3.8) is 0 Å². The maximum Gasteiger partial charge on any atom is 0.0922 e. The van der Waals surface area contributed by atoms with Crippen molar-refractivity contribution in [2.24, 2.45) is 0 Å². The van der Waals surface area contributed by atoms with Crippen LogP contribution in [0.4, 0.5) is 0 Å². The Morgan fingerprint density at radius 2 is 0.973 bits per heavy atom. The highest BCUT2D eigenvalue weighted by Crippen LogP contribution is 2.43. The van der Waals surface area contributed by atoms with Gasteiger partial charge in [0.2, 0.25) is 0 Å². The molecule has 3 heteroatoms. The summed E-state index contributed by atoms with van der Waals surface area (Å²) in [5.41, 5.74) is 9.54. The lowest BCUT2D eigenvalue weighted by Crippen LogP contribution is -1.94. The van der Waals surface area contributed by atoms with E-state index >= 15 is 0 Å². The van der Waals surface area contributed by atoms with Crippen LogP contribution in [-0.4, -0.2) is 15.0 Å². The first kappa shape index (κ1) is 21.4. The number of benzene rings is 5. The number of aromatic nitrogens is 3. The first-order valence-electron chi connectivity index (χ1n) is 12.5. The number of fused-ring (bicyclic) bond motifs is 3. The van der Waals surface area contributed by atoms with E-state index in [0.29, 0.717) is 0 Å². The van der Waals surface area contributed by atoms with E-state index in [1.165, 1.54) is 38.2 Å². The fourth-order valence-electron chi connectivity index (χ4n) is 5.42. The van der Waals surface area contributed by atoms with Gasteiger partial charge in [0.25, 0.3) is 0 Å². The van der Waals surface area contributed by atoms with Gasteiger partial charge < -0.3 is 0 Å². The Balaban J connectivity index is 1.45. The van der Waals surface area contributed by atoms with Crippen LogP contribution in [0.3, 0.4) is 0 Å². The minimum atomic E-state index is 0.912. The lowest BCUT2D eigenvalue weighted by atomic mass is 9.86. The molecule has 0 aliphatic carbocycles. The fraction of sp³-hybridized carbons (Fsp3) is 0.0294. The summed E-state index contributed by atoms with van der Waals surface area (Å²) in [4.78, 5) is 14.1. The Morgan fingerprint density at radius 3 is 1.54 bits per heavy atom. The average molecular weight is 474 g/mol. The molecule has 2 aromatic heterocycles. The number of para-hydroxylation sites is 2. The van der Waals surface area contributed by atoms with Gasteiger partial charge in [-0.3, -0.25) is 4.98 Å². The topological polar surface area (TPSA) is 38.7 Å². The first-order chi connectivity index (χ1) is 18.3. The van der Waals surface area contributed by atoms with E-state index in [1.54, 1.807) is 0 Å². The zero-order chi connectivity index (χ0) is 24.8. The molecule has 37 heavy (non-hydrogen) atoms. The maximum absolute atomic E-state index is 4.92. The van der Waals surface area contributed by atoms with Gasteiger partial charge in [0.15, 0.2) is 0 Å². The molecule has 174 valence electrons. The number of pyridine rings is 1. The predicted octanol–water partition coefficient (Wildman–Crippen LogP) is 8.64. The molecule has 0 amide bonds. The van der Waals surface area contributed by atoms with E-state index in [4.69, 9.17) is 9.97 Å². The average Bonchev–Trinajstić information content (AvgIpc) is 2.96. The molecule has 0 saturated carbocycles. The minimum absolute atomic E-state index is 0.912. The van der Waals surface area contributed by atoms with Crippen LogP contribution in [0.1, 0.15) is 5.69 Å². The zero-order valence-corrected chi connectivity index (χ0v) is 20.4. The smallest absolute Gasteiger partial charge is 0.0922 e. The SMILES string of the molecule is Cc1nc2ccccc2nc1-c1ccc(-c2c3ccccc3c(-c3cccnc3)c3ccccc23)cc1. The van der Waals surface area contributed by atoms with Gasteiger partial charge in [-0.2, -0.15) is 0 Å².